The van der Waals surface area contributed by atoms with Crippen molar-refractivity contribution >= 4 is 39.5 Å². The Hall–Kier alpha value is -0.910. The summed E-state index contributed by atoms with van der Waals surface area (Å²) in [5, 5.41) is 5.65. The van der Waals surface area contributed by atoms with Gasteiger partial charge >= 0.3 is 0 Å². The molecule has 0 unspecified atom stereocenters. The SMILES string of the molecule is C/C(Cn1ncc2c(C)c(C)ccc21)=N\I. The summed E-state index contributed by atoms with van der Waals surface area (Å²) in [7, 11) is 0. The first kappa shape index (κ1) is 11.6. The maximum Gasteiger partial charge on any atom is 0.0831 e. The lowest BCUT2D eigenvalue weighted by atomic mass is 10.1. The first-order valence-electron chi connectivity index (χ1n) is 5.19. The molecule has 0 radical (unpaired) electrons. The molecular formula is C12H14IN3. The van der Waals surface area contributed by atoms with E-state index in [1.54, 1.807) is 0 Å². The maximum absolute atomic E-state index is 4.42. The molecule has 1 aromatic heterocycles. The number of nitrogens with zero attached hydrogens (tertiary/aromatic N) is 3. The quantitative estimate of drug-likeness (QED) is 0.614. The largest absolute Gasteiger partial charge is 0.259 e. The normalized spacial score (nSPS) is 12.4. The van der Waals surface area contributed by atoms with Gasteiger partial charge in [-0.2, -0.15) is 5.10 Å². The second-order valence-electron chi connectivity index (χ2n) is 4.06. The minimum atomic E-state index is 0.759. The van der Waals surface area contributed by atoms with Gasteiger partial charge in [0.05, 0.1) is 41.1 Å². The van der Waals surface area contributed by atoms with Crippen molar-refractivity contribution in [1.82, 2.24) is 9.78 Å². The number of halogens is 1. The number of hydrogen-bond acceptors (Lipinski definition) is 2. The maximum atomic E-state index is 4.42. The van der Waals surface area contributed by atoms with Crippen LogP contribution in [0.1, 0.15) is 18.1 Å². The van der Waals surface area contributed by atoms with Gasteiger partial charge < -0.3 is 0 Å². The molecule has 0 atom stereocenters. The molecule has 16 heavy (non-hydrogen) atoms. The summed E-state index contributed by atoms with van der Waals surface area (Å²) >= 11 is 2.02. The smallest absolute Gasteiger partial charge is 0.0831 e. The molecule has 0 aliphatic carbocycles. The third kappa shape index (κ3) is 1.98. The Labute approximate surface area is 109 Å². The van der Waals surface area contributed by atoms with Crippen LogP contribution >= 0.6 is 22.9 Å². The number of hydrogen-bond donors (Lipinski definition) is 0. The first-order chi connectivity index (χ1) is 7.63. The summed E-state index contributed by atoms with van der Waals surface area (Å²) in [5.74, 6) is 0. The van der Waals surface area contributed by atoms with Gasteiger partial charge in [0, 0.05) is 11.1 Å². The fourth-order valence-electron chi connectivity index (χ4n) is 1.77. The second-order valence-corrected chi connectivity index (χ2v) is 4.54. The van der Waals surface area contributed by atoms with Gasteiger partial charge in [-0.25, -0.2) is 3.21 Å². The number of benzene rings is 1. The number of fused-ring (bicyclic) bond motifs is 1. The highest BCUT2D eigenvalue weighted by atomic mass is 127. The van der Waals surface area contributed by atoms with E-state index in [1.165, 1.54) is 22.0 Å². The summed E-state index contributed by atoms with van der Waals surface area (Å²) in [6, 6.07) is 4.28. The lowest BCUT2D eigenvalue weighted by Crippen LogP contribution is -2.07. The van der Waals surface area contributed by atoms with Gasteiger partial charge in [-0.15, -0.1) is 0 Å². The minimum absolute atomic E-state index is 0.759. The molecule has 0 fully saturated rings. The van der Waals surface area contributed by atoms with E-state index in [1.807, 2.05) is 40.7 Å². The van der Waals surface area contributed by atoms with Crippen LogP contribution in [-0.2, 0) is 6.54 Å². The molecule has 0 N–H and O–H groups in total. The van der Waals surface area contributed by atoms with Crippen molar-refractivity contribution in [3.8, 4) is 0 Å². The number of rotatable bonds is 2. The van der Waals surface area contributed by atoms with Crippen LogP contribution in [0.3, 0.4) is 0 Å². The fourth-order valence-corrected chi connectivity index (χ4v) is 1.92. The molecule has 2 rings (SSSR count). The highest BCUT2D eigenvalue weighted by Crippen LogP contribution is 2.21. The molecule has 0 bridgehead atoms. The van der Waals surface area contributed by atoms with Crippen LogP contribution in [0.15, 0.2) is 21.5 Å². The van der Waals surface area contributed by atoms with Gasteiger partial charge in [-0.05, 0) is 38.0 Å². The topological polar surface area (TPSA) is 30.2 Å². The third-order valence-corrected chi connectivity index (χ3v) is 3.71. The molecule has 0 spiro atoms. The van der Waals surface area contributed by atoms with Crippen LogP contribution < -0.4 is 0 Å². The first-order valence-corrected chi connectivity index (χ1v) is 6.16. The zero-order valence-electron chi connectivity index (χ0n) is 9.66. The summed E-state index contributed by atoms with van der Waals surface area (Å²) in [6.45, 7) is 7.04. The Morgan fingerprint density at radius 3 is 2.88 bits per heavy atom. The van der Waals surface area contributed by atoms with Crippen molar-refractivity contribution in [1.29, 1.82) is 0 Å². The van der Waals surface area contributed by atoms with Crippen molar-refractivity contribution in [2.24, 2.45) is 3.21 Å². The zero-order valence-corrected chi connectivity index (χ0v) is 11.8. The predicted molar refractivity (Wildman–Crippen MR) is 76.3 cm³/mol. The molecule has 0 saturated carbocycles. The standard InChI is InChI=1S/C12H14IN3/c1-8-4-5-12-11(10(8)3)6-14-16(12)7-9(2)15-13/h4-6H,7H2,1-3H3/b15-9+. The van der Waals surface area contributed by atoms with Gasteiger partial charge in [0.25, 0.3) is 0 Å². The molecule has 0 saturated heterocycles. The summed E-state index contributed by atoms with van der Waals surface area (Å²) in [6.07, 6.45) is 1.94. The highest BCUT2D eigenvalue weighted by molar-refractivity contribution is 14.1. The van der Waals surface area contributed by atoms with Crippen LogP contribution in [-0.4, -0.2) is 15.5 Å². The van der Waals surface area contributed by atoms with E-state index in [0.29, 0.717) is 0 Å². The van der Waals surface area contributed by atoms with Crippen molar-refractivity contribution in [2.45, 2.75) is 27.3 Å². The molecule has 1 heterocycles. The molecule has 0 aliphatic rings. The average Bonchev–Trinajstić information content (AvgIpc) is 2.67. The fraction of sp³-hybridized carbons (Fsp3) is 0.333. The Kier molecular flexibility index (Phi) is 3.28. The Morgan fingerprint density at radius 2 is 2.19 bits per heavy atom. The van der Waals surface area contributed by atoms with E-state index >= 15 is 0 Å². The van der Waals surface area contributed by atoms with E-state index < -0.39 is 0 Å². The molecule has 4 heteroatoms. The molecular weight excluding hydrogens is 313 g/mol. The highest BCUT2D eigenvalue weighted by Gasteiger charge is 2.06. The second kappa shape index (κ2) is 4.53. The monoisotopic (exact) mass is 327 g/mol. The van der Waals surface area contributed by atoms with Crippen LogP contribution in [0.4, 0.5) is 0 Å². The zero-order chi connectivity index (χ0) is 11.7. The summed E-state index contributed by atoms with van der Waals surface area (Å²) < 4.78 is 6.14. The Balaban J connectivity index is 2.54. The predicted octanol–water partition coefficient (Wildman–Crippen LogP) is 3.46. The van der Waals surface area contributed by atoms with E-state index in [0.717, 1.165) is 12.3 Å². The van der Waals surface area contributed by atoms with Crippen molar-refractivity contribution in [3.63, 3.8) is 0 Å². The number of aromatic nitrogens is 2. The number of aryl methyl sites for hydroxylation is 2. The third-order valence-electron chi connectivity index (χ3n) is 2.89. The Morgan fingerprint density at radius 1 is 1.44 bits per heavy atom. The van der Waals surface area contributed by atoms with E-state index in [9.17, 15) is 0 Å². The average molecular weight is 327 g/mol. The molecule has 2 aromatic rings. The minimum Gasteiger partial charge on any atom is -0.259 e. The molecule has 84 valence electrons. The van der Waals surface area contributed by atoms with Crippen molar-refractivity contribution in [2.75, 3.05) is 0 Å². The van der Waals surface area contributed by atoms with Gasteiger partial charge in [0.1, 0.15) is 0 Å². The van der Waals surface area contributed by atoms with Crippen molar-refractivity contribution < 1.29 is 0 Å². The lowest BCUT2D eigenvalue weighted by Gasteiger charge is -2.04. The van der Waals surface area contributed by atoms with Crippen molar-refractivity contribution in [3.05, 3.63) is 29.5 Å². The molecule has 0 amide bonds. The summed E-state index contributed by atoms with van der Waals surface area (Å²) in [4.78, 5) is 0. The molecule has 1 aromatic carbocycles. The van der Waals surface area contributed by atoms with Crippen LogP contribution in [0.25, 0.3) is 10.9 Å². The van der Waals surface area contributed by atoms with Gasteiger partial charge in [0.2, 0.25) is 0 Å². The van der Waals surface area contributed by atoms with Crippen LogP contribution in [0, 0.1) is 13.8 Å². The van der Waals surface area contributed by atoms with Gasteiger partial charge in [-0.1, -0.05) is 6.07 Å². The molecule has 0 aliphatic heterocycles. The Bertz CT molecular complexity index is 555. The molecule has 3 nitrogen and oxygen atoms in total. The van der Waals surface area contributed by atoms with Crippen LogP contribution in [0.2, 0.25) is 0 Å². The van der Waals surface area contributed by atoms with E-state index in [4.69, 9.17) is 0 Å². The van der Waals surface area contributed by atoms with E-state index in [2.05, 4.69) is 34.3 Å². The van der Waals surface area contributed by atoms with Gasteiger partial charge in [-0.3, -0.25) is 4.68 Å². The van der Waals surface area contributed by atoms with E-state index in [-0.39, 0.29) is 0 Å². The summed E-state index contributed by atoms with van der Waals surface area (Å²) in [5.41, 5.74) is 4.88. The van der Waals surface area contributed by atoms with Gasteiger partial charge in [0.15, 0.2) is 0 Å². The van der Waals surface area contributed by atoms with Crippen LogP contribution in [0.5, 0.6) is 0 Å². The lowest BCUT2D eigenvalue weighted by molar-refractivity contribution is 0.750.